The number of carbonyl (C=O) groups is 1. The van der Waals surface area contributed by atoms with Gasteiger partial charge in [0, 0.05) is 10.9 Å². The van der Waals surface area contributed by atoms with Crippen molar-refractivity contribution in [1.29, 1.82) is 0 Å². The monoisotopic (exact) mass is 341 g/mol. The first-order valence-electron chi connectivity index (χ1n) is 8.69. The lowest BCUT2D eigenvalue weighted by Gasteiger charge is -2.44. The standard InChI is InChI=1S/C20H23NO4/c1-20(2,3)25-19(22)21-14-8-13(9-15(21)11-23-10-14)17-12-24-18-7-5-4-6-16(17)18/h4-8,12,14-15H,9-11H2,1-3H3. The maximum atomic E-state index is 12.6. The van der Waals surface area contributed by atoms with Crippen molar-refractivity contribution in [2.24, 2.45) is 0 Å². The highest BCUT2D eigenvalue weighted by Gasteiger charge is 2.40. The van der Waals surface area contributed by atoms with Gasteiger partial charge in [0.1, 0.15) is 11.2 Å². The molecule has 2 atom stereocenters. The number of nitrogens with zero attached hydrogens (tertiary/aromatic N) is 1. The smallest absolute Gasteiger partial charge is 0.411 e. The van der Waals surface area contributed by atoms with Crippen LogP contribution < -0.4 is 0 Å². The number of hydrogen-bond donors (Lipinski definition) is 0. The summed E-state index contributed by atoms with van der Waals surface area (Å²) >= 11 is 0. The van der Waals surface area contributed by atoms with E-state index in [0.29, 0.717) is 13.2 Å². The summed E-state index contributed by atoms with van der Waals surface area (Å²) in [6, 6.07) is 7.91. The molecule has 0 radical (unpaired) electrons. The van der Waals surface area contributed by atoms with Gasteiger partial charge in [0.05, 0.1) is 31.6 Å². The minimum Gasteiger partial charge on any atom is -0.464 e. The van der Waals surface area contributed by atoms with E-state index in [4.69, 9.17) is 13.9 Å². The van der Waals surface area contributed by atoms with Gasteiger partial charge in [0.15, 0.2) is 0 Å². The molecule has 1 amide bonds. The molecule has 2 bridgehead atoms. The second kappa shape index (κ2) is 5.92. The minimum absolute atomic E-state index is 0.0118. The van der Waals surface area contributed by atoms with Crippen LogP contribution in [0.1, 0.15) is 32.8 Å². The molecule has 25 heavy (non-hydrogen) atoms. The molecule has 1 aromatic heterocycles. The fraction of sp³-hybridized carbons (Fsp3) is 0.450. The van der Waals surface area contributed by atoms with Gasteiger partial charge < -0.3 is 13.9 Å². The molecule has 0 spiro atoms. The summed E-state index contributed by atoms with van der Waals surface area (Å²) in [4.78, 5) is 14.5. The molecule has 2 aromatic rings. The molecule has 0 aliphatic carbocycles. The Morgan fingerprint density at radius 3 is 2.80 bits per heavy atom. The fourth-order valence-corrected chi connectivity index (χ4v) is 3.62. The van der Waals surface area contributed by atoms with Crippen molar-refractivity contribution < 1.29 is 18.7 Å². The molecule has 1 fully saturated rings. The zero-order valence-electron chi connectivity index (χ0n) is 14.8. The maximum absolute atomic E-state index is 12.6. The first-order chi connectivity index (χ1) is 11.9. The number of fused-ring (bicyclic) bond motifs is 3. The number of morpholine rings is 1. The van der Waals surface area contributed by atoms with Crippen molar-refractivity contribution in [2.45, 2.75) is 44.9 Å². The molecular formula is C20H23NO4. The van der Waals surface area contributed by atoms with Crippen LogP contribution in [-0.4, -0.2) is 41.9 Å². The summed E-state index contributed by atoms with van der Waals surface area (Å²) in [5, 5.41) is 1.11. The molecule has 132 valence electrons. The van der Waals surface area contributed by atoms with Crippen molar-refractivity contribution in [2.75, 3.05) is 13.2 Å². The molecular weight excluding hydrogens is 318 g/mol. The van der Waals surface area contributed by atoms with E-state index < -0.39 is 5.60 Å². The minimum atomic E-state index is -0.503. The summed E-state index contributed by atoms with van der Waals surface area (Å²) in [6.45, 7) is 6.69. The molecule has 2 unspecified atom stereocenters. The number of para-hydroxylation sites is 1. The quantitative estimate of drug-likeness (QED) is 0.779. The molecule has 2 aliphatic heterocycles. The van der Waals surface area contributed by atoms with E-state index in [1.807, 2.05) is 50.1 Å². The predicted molar refractivity (Wildman–Crippen MR) is 95.3 cm³/mol. The molecule has 5 nitrogen and oxygen atoms in total. The predicted octanol–water partition coefficient (Wildman–Crippen LogP) is 4.22. The molecule has 5 heteroatoms. The van der Waals surface area contributed by atoms with Crippen LogP contribution in [0.5, 0.6) is 0 Å². The van der Waals surface area contributed by atoms with Crippen LogP contribution in [0, 0.1) is 0 Å². The second-order valence-corrected chi connectivity index (χ2v) is 7.69. The normalized spacial score (nSPS) is 23.5. The Labute approximate surface area is 147 Å². The SMILES string of the molecule is CC(C)(C)OC(=O)N1C2C=C(c3coc4ccccc34)CC1COC2. The third-order valence-corrected chi connectivity index (χ3v) is 4.63. The zero-order valence-corrected chi connectivity index (χ0v) is 14.8. The van der Waals surface area contributed by atoms with E-state index in [2.05, 4.69) is 12.1 Å². The van der Waals surface area contributed by atoms with E-state index in [9.17, 15) is 4.79 Å². The van der Waals surface area contributed by atoms with Gasteiger partial charge in [-0.05, 0) is 38.8 Å². The molecule has 1 aromatic carbocycles. The Kier molecular flexibility index (Phi) is 3.84. The molecule has 3 heterocycles. The Morgan fingerprint density at radius 2 is 2.04 bits per heavy atom. The number of carbonyl (C=O) groups excluding carboxylic acids is 1. The number of amides is 1. The van der Waals surface area contributed by atoms with Gasteiger partial charge in [-0.3, -0.25) is 4.90 Å². The van der Waals surface area contributed by atoms with Crippen LogP contribution in [-0.2, 0) is 9.47 Å². The van der Waals surface area contributed by atoms with Crippen LogP contribution in [0.3, 0.4) is 0 Å². The van der Waals surface area contributed by atoms with Gasteiger partial charge in [-0.25, -0.2) is 4.79 Å². The van der Waals surface area contributed by atoms with Crippen molar-refractivity contribution in [3.63, 3.8) is 0 Å². The van der Waals surface area contributed by atoms with Crippen LogP contribution in [0.4, 0.5) is 4.79 Å². The summed E-state index contributed by atoms with van der Waals surface area (Å²) in [6.07, 6.45) is 4.41. The van der Waals surface area contributed by atoms with E-state index in [1.54, 1.807) is 0 Å². The van der Waals surface area contributed by atoms with Crippen LogP contribution in [0.25, 0.3) is 16.5 Å². The summed E-state index contributed by atoms with van der Waals surface area (Å²) < 4.78 is 17.0. The average Bonchev–Trinajstić information content (AvgIpc) is 2.96. The van der Waals surface area contributed by atoms with Crippen LogP contribution >= 0.6 is 0 Å². The summed E-state index contributed by atoms with van der Waals surface area (Å²) in [5.74, 6) is 0. The van der Waals surface area contributed by atoms with Gasteiger partial charge in [0.25, 0.3) is 0 Å². The highest BCUT2D eigenvalue weighted by Crippen LogP contribution is 2.37. The summed E-state index contributed by atoms with van der Waals surface area (Å²) in [5.41, 5.74) is 2.70. The topological polar surface area (TPSA) is 51.9 Å². The van der Waals surface area contributed by atoms with Gasteiger partial charge in [-0.2, -0.15) is 0 Å². The summed E-state index contributed by atoms with van der Waals surface area (Å²) in [7, 11) is 0. The molecule has 2 aliphatic rings. The van der Waals surface area contributed by atoms with Crippen molar-refractivity contribution in [3.05, 3.63) is 42.2 Å². The molecule has 1 saturated heterocycles. The van der Waals surface area contributed by atoms with Crippen molar-refractivity contribution >= 4 is 22.6 Å². The third kappa shape index (κ3) is 3.04. The van der Waals surface area contributed by atoms with E-state index >= 15 is 0 Å². The van der Waals surface area contributed by atoms with E-state index in [0.717, 1.165) is 23.0 Å². The molecule has 0 saturated carbocycles. The fourth-order valence-electron chi connectivity index (χ4n) is 3.62. The number of rotatable bonds is 1. The zero-order chi connectivity index (χ0) is 17.6. The number of hydrogen-bond acceptors (Lipinski definition) is 4. The molecule has 0 N–H and O–H groups in total. The number of benzene rings is 1. The average molecular weight is 341 g/mol. The lowest BCUT2D eigenvalue weighted by Crippen LogP contribution is -2.57. The highest BCUT2D eigenvalue weighted by atomic mass is 16.6. The number of ether oxygens (including phenoxy) is 2. The highest BCUT2D eigenvalue weighted by molar-refractivity contribution is 5.91. The van der Waals surface area contributed by atoms with Gasteiger partial charge in [-0.15, -0.1) is 0 Å². The molecule has 4 rings (SSSR count). The van der Waals surface area contributed by atoms with Crippen molar-refractivity contribution in [3.8, 4) is 0 Å². The Balaban J connectivity index is 1.66. The lowest BCUT2D eigenvalue weighted by atomic mass is 9.90. The van der Waals surface area contributed by atoms with E-state index in [1.165, 1.54) is 5.57 Å². The van der Waals surface area contributed by atoms with Gasteiger partial charge in [-0.1, -0.05) is 24.3 Å². The van der Waals surface area contributed by atoms with Crippen LogP contribution in [0.2, 0.25) is 0 Å². The van der Waals surface area contributed by atoms with Gasteiger partial charge in [0.2, 0.25) is 0 Å². The maximum Gasteiger partial charge on any atom is 0.411 e. The van der Waals surface area contributed by atoms with Crippen LogP contribution in [0.15, 0.2) is 41.0 Å². The first-order valence-corrected chi connectivity index (χ1v) is 8.69. The lowest BCUT2D eigenvalue weighted by molar-refractivity contribution is -0.0510. The van der Waals surface area contributed by atoms with Crippen molar-refractivity contribution in [1.82, 2.24) is 4.90 Å². The Hall–Kier alpha value is -2.27. The Morgan fingerprint density at radius 1 is 1.24 bits per heavy atom. The number of furan rings is 1. The van der Waals surface area contributed by atoms with E-state index in [-0.39, 0.29) is 18.2 Å². The third-order valence-electron chi connectivity index (χ3n) is 4.63. The Bertz CT molecular complexity index is 830. The largest absolute Gasteiger partial charge is 0.464 e. The second-order valence-electron chi connectivity index (χ2n) is 7.69. The first kappa shape index (κ1) is 16.2. The van der Waals surface area contributed by atoms with Gasteiger partial charge >= 0.3 is 6.09 Å².